The Bertz CT molecular complexity index is 893. The van der Waals surface area contributed by atoms with E-state index in [9.17, 15) is 4.79 Å². The van der Waals surface area contributed by atoms with Crippen molar-refractivity contribution in [2.75, 3.05) is 26.2 Å². The van der Waals surface area contributed by atoms with Crippen LogP contribution >= 0.6 is 0 Å². The van der Waals surface area contributed by atoms with Gasteiger partial charge in [0.25, 0.3) is 5.56 Å². The molecule has 0 saturated carbocycles. The second-order valence-corrected chi connectivity index (χ2v) is 5.76. The summed E-state index contributed by atoms with van der Waals surface area (Å²) in [5, 5.41) is 0. The number of aromatic nitrogens is 3. The lowest BCUT2D eigenvalue weighted by molar-refractivity contribution is 0.223. The van der Waals surface area contributed by atoms with Crippen molar-refractivity contribution in [3.8, 4) is 5.75 Å². The maximum Gasteiger partial charge on any atom is 0.274 e. The monoisotopic (exact) mass is 328 g/mol. The summed E-state index contributed by atoms with van der Waals surface area (Å²) in [6, 6.07) is 5.76. The van der Waals surface area contributed by atoms with Gasteiger partial charge in [-0.05, 0) is 25.2 Å². The lowest BCUT2D eigenvalue weighted by atomic mass is 10.2. The van der Waals surface area contributed by atoms with E-state index in [1.807, 2.05) is 29.5 Å². The lowest BCUT2D eigenvalue weighted by Gasteiger charge is -2.18. The molecule has 0 aliphatic rings. The number of likely N-dealkylation sites (N-methyl/N-ethyl adjacent to an activating group) is 1. The molecule has 0 radical (unpaired) electrons. The van der Waals surface area contributed by atoms with Gasteiger partial charge in [0.1, 0.15) is 23.7 Å². The Labute approximate surface area is 141 Å². The molecule has 2 aromatic heterocycles. The van der Waals surface area contributed by atoms with Crippen LogP contribution < -0.4 is 10.3 Å². The van der Waals surface area contributed by atoms with Crippen LogP contribution in [0.2, 0.25) is 0 Å². The second kappa shape index (κ2) is 7.05. The number of nitrogens with zero attached hydrogens (tertiary/aromatic N) is 3. The van der Waals surface area contributed by atoms with Gasteiger partial charge in [-0.2, -0.15) is 0 Å². The molecule has 0 amide bonds. The fraction of sp³-hybridized carbons (Fsp3) is 0.444. The molecule has 128 valence electrons. The molecule has 1 aromatic carbocycles. The van der Waals surface area contributed by atoms with E-state index in [2.05, 4.69) is 28.7 Å². The summed E-state index contributed by atoms with van der Waals surface area (Å²) in [7, 11) is 0. The van der Waals surface area contributed by atoms with Gasteiger partial charge >= 0.3 is 0 Å². The Morgan fingerprint density at radius 3 is 2.71 bits per heavy atom. The topological polar surface area (TPSA) is 62.6 Å². The van der Waals surface area contributed by atoms with E-state index < -0.39 is 0 Å². The molecular weight excluding hydrogens is 304 g/mol. The van der Waals surface area contributed by atoms with E-state index in [0.717, 1.165) is 48.7 Å². The molecule has 0 bridgehead atoms. The summed E-state index contributed by atoms with van der Waals surface area (Å²) in [6.07, 6.45) is 2.39. The molecule has 0 unspecified atom stereocenters. The molecule has 0 atom stereocenters. The van der Waals surface area contributed by atoms with E-state index in [4.69, 9.17) is 4.74 Å². The minimum absolute atomic E-state index is 0.120. The highest BCUT2D eigenvalue weighted by Gasteiger charge is 2.10. The summed E-state index contributed by atoms with van der Waals surface area (Å²) in [5.41, 5.74) is 2.15. The predicted molar refractivity (Wildman–Crippen MR) is 96.0 cm³/mol. The normalized spacial score (nSPS) is 11.7. The number of aryl methyl sites for hydroxylation is 1. The van der Waals surface area contributed by atoms with Crippen LogP contribution in [0.25, 0.3) is 16.6 Å². The maximum absolute atomic E-state index is 12.2. The van der Waals surface area contributed by atoms with Crippen molar-refractivity contribution in [1.82, 2.24) is 19.3 Å². The van der Waals surface area contributed by atoms with Crippen molar-refractivity contribution in [3.63, 3.8) is 0 Å². The lowest BCUT2D eigenvalue weighted by Crippen LogP contribution is -2.27. The van der Waals surface area contributed by atoms with Crippen molar-refractivity contribution in [3.05, 3.63) is 40.6 Å². The molecule has 0 aliphatic heterocycles. The number of hydrogen-bond donors (Lipinski definition) is 1. The van der Waals surface area contributed by atoms with Gasteiger partial charge in [0.2, 0.25) is 0 Å². The molecule has 0 fully saturated rings. The standard InChI is InChI=1S/C18H24N4O2/c1-4-17-19-12-16-18(23)20-14-8-7-13(11-15(14)22(16)17)24-10-9-21(5-2)6-3/h7-8,11-12H,4-6,9-10H2,1-3H3,(H,20,23). The first-order valence-electron chi connectivity index (χ1n) is 8.55. The summed E-state index contributed by atoms with van der Waals surface area (Å²) < 4.78 is 7.83. The third kappa shape index (κ3) is 3.01. The Morgan fingerprint density at radius 2 is 2.00 bits per heavy atom. The number of ether oxygens (including phenoxy) is 1. The zero-order chi connectivity index (χ0) is 17.1. The van der Waals surface area contributed by atoms with Gasteiger partial charge < -0.3 is 14.6 Å². The highest BCUT2D eigenvalue weighted by Crippen LogP contribution is 2.21. The van der Waals surface area contributed by atoms with E-state index in [1.165, 1.54) is 0 Å². The summed E-state index contributed by atoms with van der Waals surface area (Å²) in [5.74, 6) is 1.68. The van der Waals surface area contributed by atoms with Crippen LogP contribution in [0.1, 0.15) is 26.6 Å². The number of benzene rings is 1. The van der Waals surface area contributed by atoms with Crippen molar-refractivity contribution in [2.45, 2.75) is 27.2 Å². The third-order valence-electron chi connectivity index (χ3n) is 4.41. The van der Waals surface area contributed by atoms with E-state index >= 15 is 0 Å². The van der Waals surface area contributed by atoms with Crippen LogP contribution in [-0.4, -0.2) is 45.5 Å². The quantitative estimate of drug-likeness (QED) is 0.724. The van der Waals surface area contributed by atoms with Gasteiger partial charge in [0.05, 0.1) is 17.2 Å². The molecule has 2 heterocycles. The molecule has 24 heavy (non-hydrogen) atoms. The second-order valence-electron chi connectivity index (χ2n) is 5.76. The van der Waals surface area contributed by atoms with Gasteiger partial charge in [0.15, 0.2) is 0 Å². The van der Waals surface area contributed by atoms with Gasteiger partial charge in [-0.1, -0.05) is 20.8 Å². The first-order valence-corrected chi connectivity index (χ1v) is 8.55. The molecule has 6 heteroatoms. The molecule has 0 saturated heterocycles. The summed E-state index contributed by atoms with van der Waals surface area (Å²) in [6.45, 7) is 9.92. The highest BCUT2D eigenvalue weighted by atomic mass is 16.5. The van der Waals surface area contributed by atoms with Crippen LogP contribution in [0.4, 0.5) is 0 Å². The highest BCUT2D eigenvalue weighted by molar-refractivity contribution is 5.79. The number of fused-ring (bicyclic) bond motifs is 3. The van der Waals surface area contributed by atoms with E-state index in [1.54, 1.807) is 6.20 Å². The number of imidazole rings is 1. The Kier molecular flexibility index (Phi) is 4.85. The van der Waals surface area contributed by atoms with Gasteiger partial charge in [0, 0.05) is 19.0 Å². The SMILES string of the molecule is CCc1ncc2c(=O)[nH]c3ccc(OCCN(CC)CC)cc3n12. The molecule has 3 aromatic rings. The minimum Gasteiger partial charge on any atom is -0.492 e. The molecule has 0 spiro atoms. The van der Waals surface area contributed by atoms with E-state index in [0.29, 0.717) is 12.1 Å². The average molecular weight is 328 g/mol. The smallest absolute Gasteiger partial charge is 0.274 e. The molecule has 6 nitrogen and oxygen atoms in total. The van der Waals surface area contributed by atoms with Crippen LogP contribution in [0.15, 0.2) is 29.2 Å². The zero-order valence-electron chi connectivity index (χ0n) is 14.5. The first-order chi connectivity index (χ1) is 11.7. The van der Waals surface area contributed by atoms with Gasteiger partial charge in [-0.3, -0.25) is 9.20 Å². The number of nitrogens with one attached hydrogen (secondary N) is 1. The minimum atomic E-state index is -0.120. The largest absolute Gasteiger partial charge is 0.492 e. The van der Waals surface area contributed by atoms with Crippen LogP contribution in [0.5, 0.6) is 5.75 Å². The summed E-state index contributed by atoms with van der Waals surface area (Å²) in [4.78, 5) is 21.8. The Balaban J connectivity index is 1.95. The van der Waals surface area contributed by atoms with Crippen molar-refractivity contribution < 1.29 is 4.74 Å². The average Bonchev–Trinajstić information content (AvgIpc) is 3.04. The molecular formula is C18H24N4O2. The van der Waals surface area contributed by atoms with Crippen LogP contribution in [-0.2, 0) is 6.42 Å². The molecule has 0 aliphatic carbocycles. The van der Waals surface area contributed by atoms with Crippen LogP contribution in [0, 0.1) is 0 Å². The molecule has 1 N–H and O–H groups in total. The Hall–Kier alpha value is -2.34. The number of aromatic amines is 1. The van der Waals surface area contributed by atoms with E-state index in [-0.39, 0.29) is 5.56 Å². The number of H-pyrrole nitrogens is 1. The zero-order valence-corrected chi connectivity index (χ0v) is 14.5. The maximum atomic E-state index is 12.2. The fourth-order valence-electron chi connectivity index (χ4n) is 2.98. The third-order valence-corrected chi connectivity index (χ3v) is 4.41. The fourth-order valence-corrected chi connectivity index (χ4v) is 2.98. The number of hydrogen-bond acceptors (Lipinski definition) is 4. The van der Waals surface area contributed by atoms with Crippen molar-refractivity contribution in [2.24, 2.45) is 0 Å². The van der Waals surface area contributed by atoms with Gasteiger partial charge in [-0.15, -0.1) is 0 Å². The Morgan fingerprint density at radius 1 is 1.21 bits per heavy atom. The van der Waals surface area contributed by atoms with Crippen molar-refractivity contribution in [1.29, 1.82) is 0 Å². The number of rotatable bonds is 7. The first kappa shape index (κ1) is 16.5. The van der Waals surface area contributed by atoms with Crippen LogP contribution in [0.3, 0.4) is 0 Å². The predicted octanol–water partition coefficient (Wildman–Crippen LogP) is 2.46. The summed E-state index contributed by atoms with van der Waals surface area (Å²) >= 11 is 0. The van der Waals surface area contributed by atoms with Crippen molar-refractivity contribution >= 4 is 16.6 Å². The van der Waals surface area contributed by atoms with Gasteiger partial charge in [-0.25, -0.2) is 4.98 Å². The molecule has 3 rings (SSSR count).